The van der Waals surface area contributed by atoms with Crippen LogP contribution in [0.3, 0.4) is 0 Å². The minimum absolute atomic E-state index is 0.00278. The molecule has 0 aliphatic rings. The normalized spacial score (nSPS) is 10.9. The topological polar surface area (TPSA) is 62.1 Å². The molecule has 0 aliphatic carbocycles. The minimum Gasteiger partial charge on any atom is -0.489 e. The zero-order valence-electron chi connectivity index (χ0n) is 16.6. The van der Waals surface area contributed by atoms with Crippen LogP contribution in [0.25, 0.3) is 6.08 Å². The van der Waals surface area contributed by atoms with Gasteiger partial charge >= 0.3 is 0 Å². The van der Waals surface area contributed by atoms with E-state index in [0.29, 0.717) is 17.0 Å². The molecule has 3 aromatic rings. The van der Waals surface area contributed by atoms with E-state index in [-0.39, 0.29) is 18.0 Å². The maximum absolute atomic E-state index is 13.2. The molecule has 0 saturated carbocycles. The molecule has 30 heavy (non-hydrogen) atoms. The van der Waals surface area contributed by atoms with Gasteiger partial charge in [0.05, 0.1) is 0 Å². The molecule has 5 heteroatoms. The van der Waals surface area contributed by atoms with Crippen LogP contribution in [0.15, 0.2) is 78.4 Å². The molecule has 1 N–H and O–H groups in total. The fourth-order valence-electron chi connectivity index (χ4n) is 2.79. The quantitative estimate of drug-likeness (QED) is 0.420. The molecule has 0 bridgehead atoms. The standard InChI is InChI=1S/C25H21FN2O2/c1-2-18-6-10-23(11-7-18)28-25(29)21(16-27)14-19-8-12-24(13-9-19)30-17-20-4-3-5-22(26)15-20/h3-15H,2,17H2,1H3,(H,28,29)/b21-14+. The molecule has 1 amide bonds. The van der Waals surface area contributed by atoms with Gasteiger partial charge in [0.2, 0.25) is 0 Å². The van der Waals surface area contributed by atoms with Crippen LogP contribution in [0, 0.1) is 17.1 Å². The number of nitrogens with zero attached hydrogens (tertiary/aromatic N) is 1. The van der Waals surface area contributed by atoms with Gasteiger partial charge in [0.15, 0.2) is 0 Å². The van der Waals surface area contributed by atoms with Crippen molar-refractivity contribution in [2.24, 2.45) is 0 Å². The molecule has 150 valence electrons. The van der Waals surface area contributed by atoms with Gasteiger partial charge < -0.3 is 10.1 Å². The van der Waals surface area contributed by atoms with Gasteiger partial charge in [0.1, 0.15) is 29.8 Å². The first-order valence-electron chi connectivity index (χ1n) is 9.57. The molecule has 0 unspecified atom stereocenters. The SMILES string of the molecule is CCc1ccc(NC(=O)/C(C#N)=C/c2ccc(OCc3cccc(F)c3)cc2)cc1. The van der Waals surface area contributed by atoms with Gasteiger partial charge in [-0.1, -0.05) is 43.3 Å². The summed E-state index contributed by atoms with van der Waals surface area (Å²) in [5.74, 6) is -0.163. The summed E-state index contributed by atoms with van der Waals surface area (Å²) < 4.78 is 18.9. The number of amides is 1. The van der Waals surface area contributed by atoms with Gasteiger partial charge in [-0.05, 0) is 65.6 Å². The lowest BCUT2D eigenvalue weighted by Crippen LogP contribution is -2.13. The lowest BCUT2D eigenvalue weighted by Gasteiger charge is -2.07. The van der Waals surface area contributed by atoms with Crippen LogP contribution in [0.4, 0.5) is 10.1 Å². The van der Waals surface area contributed by atoms with Crippen LogP contribution in [0.5, 0.6) is 5.75 Å². The molecule has 0 aromatic heterocycles. The van der Waals surface area contributed by atoms with E-state index >= 15 is 0 Å². The van der Waals surface area contributed by atoms with Gasteiger partial charge in [-0.15, -0.1) is 0 Å². The average molecular weight is 400 g/mol. The highest BCUT2D eigenvalue weighted by molar-refractivity contribution is 6.09. The lowest BCUT2D eigenvalue weighted by molar-refractivity contribution is -0.112. The second-order valence-electron chi connectivity index (χ2n) is 6.66. The number of carbonyl (C=O) groups excluding carboxylic acids is 1. The molecule has 0 spiro atoms. The molecule has 0 saturated heterocycles. The first-order chi connectivity index (χ1) is 14.6. The number of nitriles is 1. The molecular weight excluding hydrogens is 379 g/mol. The fraction of sp³-hybridized carbons (Fsp3) is 0.120. The Bertz CT molecular complexity index is 1080. The molecule has 3 rings (SSSR count). The number of carbonyl (C=O) groups is 1. The number of aryl methyl sites for hydroxylation is 1. The average Bonchev–Trinajstić information content (AvgIpc) is 2.77. The Labute approximate surface area is 175 Å². The summed E-state index contributed by atoms with van der Waals surface area (Å²) in [5.41, 5.74) is 3.24. The third-order valence-electron chi connectivity index (χ3n) is 4.47. The maximum atomic E-state index is 13.2. The highest BCUT2D eigenvalue weighted by Crippen LogP contribution is 2.17. The summed E-state index contributed by atoms with van der Waals surface area (Å²) in [6, 6.07) is 22.7. The van der Waals surface area contributed by atoms with Gasteiger partial charge in [0.25, 0.3) is 5.91 Å². The van der Waals surface area contributed by atoms with Crippen molar-refractivity contribution in [2.45, 2.75) is 20.0 Å². The molecule has 4 nitrogen and oxygen atoms in total. The van der Waals surface area contributed by atoms with E-state index in [1.54, 1.807) is 36.4 Å². The first kappa shape index (κ1) is 20.8. The number of hydrogen-bond acceptors (Lipinski definition) is 3. The van der Waals surface area contributed by atoms with Crippen molar-refractivity contribution in [3.63, 3.8) is 0 Å². The zero-order chi connectivity index (χ0) is 21.3. The van der Waals surface area contributed by atoms with Crippen molar-refractivity contribution in [1.29, 1.82) is 5.26 Å². The highest BCUT2D eigenvalue weighted by Gasteiger charge is 2.09. The second-order valence-corrected chi connectivity index (χ2v) is 6.66. The van der Waals surface area contributed by atoms with E-state index in [1.165, 1.54) is 23.8 Å². The minimum atomic E-state index is -0.465. The van der Waals surface area contributed by atoms with Gasteiger partial charge in [-0.3, -0.25) is 4.79 Å². The van der Waals surface area contributed by atoms with Crippen molar-refractivity contribution < 1.29 is 13.9 Å². The smallest absolute Gasteiger partial charge is 0.266 e. The van der Waals surface area contributed by atoms with Crippen molar-refractivity contribution in [2.75, 3.05) is 5.32 Å². The number of halogens is 1. The number of ether oxygens (including phenoxy) is 1. The van der Waals surface area contributed by atoms with Crippen LogP contribution in [-0.4, -0.2) is 5.91 Å². The molecular formula is C25H21FN2O2. The van der Waals surface area contributed by atoms with Crippen LogP contribution >= 0.6 is 0 Å². The summed E-state index contributed by atoms with van der Waals surface area (Å²) >= 11 is 0. The van der Waals surface area contributed by atoms with Crippen LogP contribution in [0.2, 0.25) is 0 Å². The van der Waals surface area contributed by atoms with Crippen molar-refractivity contribution >= 4 is 17.7 Å². The number of nitrogens with one attached hydrogen (secondary N) is 1. The molecule has 0 fully saturated rings. The first-order valence-corrected chi connectivity index (χ1v) is 9.57. The van der Waals surface area contributed by atoms with Crippen LogP contribution in [0.1, 0.15) is 23.6 Å². The number of benzene rings is 3. The van der Waals surface area contributed by atoms with E-state index in [2.05, 4.69) is 12.2 Å². The fourth-order valence-corrected chi connectivity index (χ4v) is 2.79. The number of rotatable bonds is 7. The summed E-state index contributed by atoms with van der Waals surface area (Å²) in [4.78, 5) is 12.4. The predicted molar refractivity (Wildman–Crippen MR) is 115 cm³/mol. The zero-order valence-corrected chi connectivity index (χ0v) is 16.6. The molecule has 0 atom stereocenters. The molecule has 0 radical (unpaired) electrons. The van der Waals surface area contributed by atoms with Crippen LogP contribution in [-0.2, 0) is 17.8 Å². The Morgan fingerprint density at radius 3 is 2.43 bits per heavy atom. The Morgan fingerprint density at radius 1 is 1.07 bits per heavy atom. The largest absolute Gasteiger partial charge is 0.489 e. The summed E-state index contributed by atoms with van der Waals surface area (Å²) in [5, 5.41) is 12.1. The Kier molecular flexibility index (Phi) is 6.96. The number of hydrogen-bond donors (Lipinski definition) is 1. The third kappa shape index (κ3) is 5.79. The number of anilines is 1. The Morgan fingerprint density at radius 2 is 1.80 bits per heavy atom. The Balaban J connectivity index is 1.63. The van der Waals surface area contributed by atoms with Gasteiger partial charge in [-0.2, -0.15) is 5.26 Å². The second kappa shape index (κ2) is 10.0. The van der Waals surface area contributed by atoms with Crippen molar-refractivity contribution in [3.8, 4) is 11.8 Å². The van der Waals surface area contributed by atoms with Gasteiger partial charge in [-0.25, -0.2) is 4.39 Å². The highest BCUT2D eigenvalue weighted by atomic mass is 19.1. The molecule has 0 aliphatic heterocycles. The van der Waals surface area contributed by atoms with E-state index < -0.39 is 5.91 Å². The van der Waals surface area contributed by atoms with Crippen molar-refractivity contribution in [3.05, 3.63) is 101 Å². The predicted octanol–water partition coefficient (Wildman–Crippen LogP) is 5.51. The molecule has 0 heterocycles. The van der Waals surface area contributed by atoms with Gasteiger partial charge in [0, 0.05) is 5.69 Å². The summed E-state index contributed by atoms with van der Waals surface area (Å²) in [6.45, 7) is 2.30. The Hall–Kier alpha value is -3.91. The van der Waals surface area contributed by atoms with Crippen LogP contribution < -0.4 is 10.1 Å². The van der Waals surface area contributed by atoms with E-state index in [9.17, 15) is 14.4 Å². The summed E-state index contributed by atoms with van der Waals surface area (Å²) in [6.07, 6.45) is 2.44. The van der Waals surface area contributed by atoms with E-state index in [4.69, 9.17) is 4.74 Å². The van der Waals surface area contributed by atoms with E-state index in [1.807, 2.05) is 30.3 Å². The lowest BCUT2D eigenvalue weighted by atomic mass is 10.1. The summed E-state index contributed by atoms with van der Waals surface area (Å²) in [7, 11) is 0. The van der Waals surface area contributed by atoms with E-state index in [0.717, 1.165) is 12.0 Å². The van der Waals surface area contributed by atoms with Crippen molar-refractivity contribution in [1.82, 2.24) is 0 Å². The monoisotopic (exact) mass is 400 g/mol. The maximum Gasteiger partial charge on any atom is 0.266 e. The molecule has 3 aromatic carbocycles. The third-order valence-corrected chi connectivity index (χ3v) is 4.47.